The van der Waals surface area contributed by atoms with Crippen LogP contribution in [0.25, 0.3) is 0 Å². The fourth-order valence-electron chi connectivity index (χ4n) is 1.89. The van der Waals surface area contributed by atoms with Gasteiger partial charge in [-0.3, -0.25) is 4.79 Å². The molecule has 0 aliphatic rings. The van der Waals surface area contributed by atoms with Gasteiger partial charge in [0.2, 0.25) is 0 Å². The third-order valence-corrected chi connectivity index (χ3v) is 2.89. The lowest BCUT2D eigenvalue weighted by atomic mass is 10.0. The van der Waals surface area contributed by atoms with Crippen LogP contribution in [0, 0.1) is 18.3 Å². The van der Waals surface area contributed by atoms with Crippen LogP contribution in [-0.4, -0.2) is 17.8 Å². The van der Waals surface area contributed by atoms with Crippen molar-refractivity contribution < 1.29 is 4.84 Å². The minimum absolute atomic E-state index is 0.0971. The number of aromatic amines is 1. The van der Waals surface area contributed by atoms with Crippen LogP contribution in [0.4, 0.5) is 0 Å². The molecule has 102 valence electrons. The highest BCUT2D eigenvalue weighted by molar-refractivity contribution is 6.01. The van der Waals surface area contributed by atoms with E-state index in [4.69, 9.17) is 10.1 Å². The maximum Gasteiger partial charge on any atom is 0.266 e. The Morgan fingerprint density at radius 3 is 2.84 bits per heavy atom. The van der Waals surface area contributed by atoms with E-state index in [0.717, 1.165) is 37.0 Å². The summed E-state index contributed by atoms with van der Waals surface area (Å²) in [5.74, 6) is 0. The zero-order chi connectivity index (χ0) is 14.3. The normalized spacial score (nSPS) is 11.2. The van der Waals surface area contributed by atoms with E-state index >= 15 is 0 Å². The second-order valence-electron chi connectivity index (χ2n) is 4.34. The molecule has 0 saturated heterocycles. The first-order chi connectivity index (χ1) is 9.13. The summed E-state index contributed by atoms with van der Waals surface area (Å²) in [5.41, 5.74) is 1.97. The van der Waals surface area contributed by atoms with E-state index in [2.05, 4.69) is 17.1 Å². The molecule has 1 N–H and O–H groups in total. The topological polar surface area (TPSA) is 78.2 Å². The number of pyridine rings is 1. The molecule has 0 fully saturated rings. The monoisotopic (exact) mass is 261 g/mol. The molecule has 0 atom stereocenters. The molecular weight excluding hydrogens is 242 g/mol. The molecule has 0 aromatic carbocycles. The molecule has 1 heterocycles. The Balaban J connectivity index is 3.13. The molecule has 0 unspecified atom stereocenters. The molecule has 0 saturated carbocycles. The molecular formula is C14H19N3O2. The Hall–Kier alpha value is -2.09. The van der Waals surface area contributed by atoms with Crippen LogP contribution in [0.3, 0.4) is 0 Å². The smallest absolute Gasteiger partial charge is 0.266 e. The van der Waals surface area contributed by atoms with E-state index in [1.807, 2.05) is 6.07 Å². The number of H-pyrrole nitrogens is 1. The van der Waals surface area contributed by atoms with Crippen molar-refractivity contribution in [2.45, 2.75) is 39.5 Å². The summed E-state index contributed by atoms with van der Waals surface area (Å²) >= 11 is 0. The van der Waals surface area contributed by atoms with E-state index in [0.29, 0.717) is 5.69 Å². The first-order valence-corrected chi connectivity index (χ1v) is 6.38. The number of nitriles is 1. The number of nitrogens with zero attached hydrogens (tertiary/aromatic N) is 2. The van der Waals surface area contributed by atoms with Crippen LogP contribution < -0.4 is 5.56 Å². The van der Waals surface area contributed by atoms with Gasteiger partial charge in [0, 0.05) is 11.3 Å². The third kappa shape index (κ3) is 3.95. The Morgan fingerprint density at radius 2 is 2.26 bits per heavy atom. The Bertz CT molecular complexity index is 553. The van der Waals surface area contributed by atoms with Crippen molar-refractivity contribution in [2.24, 2.45) is 5.16 Å². The molecule has 0 radical (unpaired) electrons. The van der Waals surface area contributed by atoms with Gasteiger partial charge in [0.15, 0.2) is 0 Å². The average Bonchev–Trinajstić information content (AvgIpc) is 2.38. The SMILES string of the molecule is CCCCC/C(=N/OC)c1cc(C#N)c(=O)[nH]c1C. The van der Waals surface area contributed by atoms with Gasteiger partial charge in [0.1, 0.15) is 18.7 Å². The molecule has 1 aromatic rings. The summed E-state index contributed by atoms with van der Waals surface area (Å²) < 4.78 is 0. The number of oxime groups is 1. The van der Waals surface area contributed by atoms with Crippen LogP contribution >= 0.6 is 0 Å². The zero-order valence-corrected chi connectivity index (χ0v) is 11.6. The fourth-order valence-corrected chi connectivity index (χ4v) is 1.89. The molecule has 5 heteroatoms. The molecule has 1 aromatic heterocycles. The van der Waals surface area contributed by atoms with Gasteiger partial charge in [0.25, 0.3) is 5.56 Å². The lowest BCUT2D eigenvalue weighted by molar-refractivity contribution is 0.212. The molecule has 0 amide bonds. The maximum atomic E-state index is 11.5. The van der Waals surface area contributed by atoms with Crippen molar-refractivity contribution >= 4 is 5.71 Å². The quantitative estimate of drug-likeness (QED) is 0.485. The zero-order valence-electron chi connectivity index (χ0n) is 11.6. The predicted molar refractivity (Wildman–Crippen MR) is 74.2 cm³/mol. The number of rotatable bonds is 6. The summed E-state index contributed by atoms with van der Waals surface area (Å²) in [5, 5.41) is 12.9. The van der Waals surface area contributed by atoms with E-state index in [1.54, 1.807) is 13.0 Å². The summed E-state index contributed by atoms with van der Waals surface area (Å²) in [6, 6.07) is 3.47. The lowest BCUT2D eigenvalue weighted by Crippen LogP contribution is -2.16. The number of aryl methyl sites for hydroxylation is 1. The Labute approximate surface area is 112 Å². The summed E-state index contributed by atoms with van der Waals surface area (Å²) in [6.07, 6.45) is 3.99. The molecule has 1 rings (SSSR count). The van der Waals surface area contributed by atoms with Gasteiger partial charge < -0.3 is 9.82 Å². The van der Waals surface area contributed by atoms with Gasteiger partial charge in [0.05, 0.1) is 5.71 Å². The van der Waals surface area contributed by atoms with Crippen molar-refractivity contribution in [3.05, 3.63) is 33.2 Å². The second kappa shape index (κ2) is 7.37. The largest absolute Gasteiger partial charge is 0.399 e. The summed E-state index contributed by atoms with van der Waals surface area (Å²) in [4.78, 5) is 19.0. The Kier molecular flexibility index (Phi) is 5.80. The van der Waals surface area contributed by atoms with Crippen LogP contribution in [0.5, 0.6) is 0 Å². The van der Waals surface area contributed by atoms with Gasteiger partial charge in [-0.25, -0.2) is 0 Å². The van der Waals surface area contributed by atoms with Gasteiger partial charge in [-0.15, -0.1) is 0 Å². The Morgan fingerprint density at radius 1 is 1.53 bits per heavy atom. The predicted octanol–water partition coefficient (Wildman–Crippen LogP) is 2.49. The number of hydrogen-bond acceptors (Lipinski definition) is 4. The molecule has 0 aliphatic heterocycles. The van der Waals surface area contributed by atoms with Gasteiger partial charge in [-0.1, -0.05) is 24.9 Å². The number of unbranched alkanes of at least 4 members (excludes halogenated alkanes) is 2. The minimum Gasteiger partial charge on any atom is -0.399 e. The van der Waals surface area contributed by atoms with E-state index in [1.165, 1.54) is 7.11 Å². The van der Waals surface area contributed by atoms with Gasteiger partial charge in [-0.2, -0.15) is 5.26 Å². The van der Waals surface area contributed by atoms with Crippen LogP contribution in [-0.2, 0) is 4.84 Å². The van der Waals surface area contributed by atoms with E-state index in [-0.39, 0.29) is 11.1 Å². The van der Waals surface area contributed by atoms with Crippen molar-refractivity contribution in [1.29, 1.82) is 5.26 Å². The number of nitrogens with one attached hydrogen (secondary N) is 1. The average molecular weight is 261 g/mol. The first kappa shape index (κ1) is 15.0. The third-order valence-electron chi connectivity index (χ3n) is 2.89. The van der Waals surface area contributed by atoms with E-state index in [9.17, 15) is 4.79 Å². The minimum atomic E-state index is -0.367. The van der Waals surface area contributed by atoms with Crippen molar-refractivity contribution in [3.63, 3.8) is 0 Å². The van der Waals surface area contributed by atoms with Gasteiger partial charge >= 0.3 is 0 Å². The highest BCUT2D eigenvalue weighted by atomic mass is 16.6. The highest BCUT2D eigenvalue weighted by Gasteiger charge is 2.11. The molecule has 0 bridgehead atoms. The highest BCUT2D eigenvalue weighted by Crippen LogP contribution is 2.12. The van der Waals surface area contributed by atoms with Crippen LogP contribution in [0.1, 0.15) is 49.4 Å². The van der Waals surface area contributed by atoms with Crippen LogP contribution in [0.2, 0.25) is 0 Å². The fraction of sp³-hybridized carbons (Fsp3) is 0.500. The molecule has 0 spiro atoms. The molecule has 0 aliphatic carbocycles. The standard InChI is InChI=1S/C14H19N3O2/c1-4-5-6-7-13(17-19-3)12-8-11(9-15)14(18)16-10(12)2/h8H,4-7H2,1-3H3,(H,16,18)/b17-13-. The second-order valence-corrected chi connectivity index (χ2v) is 4.34. The summed E-state index contributed by atoms with van der Waals surface area (Å²) in [7, 11) is 1.49. The summed E-state index contributed by atoms with van der Waals surface area (Å²) in [6.45, 7) is 3.93. The maximum absolute atomic E-state index is 11.5. The van der Waals surface area contributed by atoms with Crippen molar-refractivity contribution in [1.82, 2.24) is 4.98 Å². The van der Waals surface area contributed by atoms with Gasteiger partial charge in [-0.05, 0) is 25.8 Å². The first-order valence-electron chi connectivity index (χ1n) is 6.38. The van der Waals surface area contributed by atoms with Crippen molar-refractivity contribution in [3.8, 4) is 6.07 Å². The number of hydrogen-bond donors (Lipinski definition) is 1. The van der Waals surface area contributed by atoms with E-state index < -0.39 is 0 Å². The van der Waals surface area contributed by atoms with Crippen molar-refractivity contribution in [2.75, 3.05) is 7.11 Å². The number of aromatic nitrogens is 1. The molecule has 5 nitrogen and oxygen atoms in total. The lowest BCUT2D eigenvalue weighted by Gasteiger charge is -2.09. The molecule has 19 heavy (non-hydrogen) atoms. The van der Waals surface area contributed by atoms with Crippen LogP contribution in [0.15, 0.2) is 16.0 Å².